The molecule has 6 heteroatoms. The van der Waals surface area contributed by atoms with Gasteiger partial charge in [-0.05, 0) is 37.6 Å². The van der Waals surface area contributed by atoms with E-state index in [1.165, 1.54) is 11.8 Å². The van der Waals surface area contributed by atoms with E-state index in [1.807, 2.05) is 0 Å². The van der Waals surface area contributed by atoms with Crippen molar-refractivity contribution in [1.29, 1.82) is 0 Å². The molecule has 1 aromatic carbocycles. The summed E-state index contributed by atoms with van der Waals surface area (Å²) in [6, 6.07) is 6.84. The van der Waals surface area contributed by atoms with E-state index in [9.17, 15) is 14.4 Å². The molecule has 0 aliphatic heterocycles. The predicted molar refractivity (Wildman–Crippen MR) is 85.6 cm³/mol. The van der Waals surface area contributed by atoms with Crippen LogP contribution in [0.5, 0.6) is 5.75 Å². The van der Waals surface area contributed by atoms with Crippen molar-refractivity contribution in [3.8, 4) is 5.75 Å². The topological polar surface area (TPSA) is 83.9 Å². The van der Waals surface area contributed by atoms with Gasteiger partial charge in [-0.3, -0.25) is 14.4 Å². The minimum Gasteiger partial charge on any atom is -0.494 e. The number of benzene rings is 1. The highest BCUT2D eigenvalue weighted by atomic mass is 16.5. The number of carbonyl (C=O) groups excluding carboxylic acids is 2. The molecule has 0 aliphatic rings. The number of rotatable bonds is 9. The van der Waals surface area contributed by atoms with Gasteiger partial charge in [-0.2, -0.15) is 0 Å². The molecule has 0 aromatic heterocycles. The summed E-state index contributed by atoms with van der Waals surface area (Å²) in [4.78, 5) is 35.2. The molecule has 0 spiro atoms. The fraction of sp³-hybridized carbons (Fsp3) is 0.471. The summed E-state index contributed by atoms with van der Waals surface area (Å²) in [5.41, 5.74) is 0.627. The lowest BCUT2D eigenvalue weighted by molar-refractivity contribution is -0.142. The van der Waals surface area contributed by atoms with Gasteiger partial charge in [0.25, 0.3) is 0 Å². The number of aliphatic carboxylic acids is 1. The van der Waals surface area contributed by atoms with Crippen molar-refractivity contribution in [2.45, 2.75) is 26.7 Å². The monoisotopic (exact) mass is 321 g/mol. The standard InChI is InChI=1S/C17H23NO5/c1-12(17(21)22)11-18(3)16(20)5-4-10-23-15-8-6-14(7-9-15)13(2)19/h6-9,12H,4-5,10-11H2,1-3H3,(H,21,22). The number of amides is 1. The molecular weight excluding hydrogens is 298 g/mol. The van der Waals surface area contributed by atoms with Gasteiger partial charge in [-0.25, -0.2) is 0 Å². The van der Waals surface area contributed by atoms with E-state index in [-0.39, 0.29) is 18.2 Å². The van der Waals surface area contributed by atoms with Gasteiger partial charge < -0.3 is 14.7 Å². The fourth-order valence-corrected chi connectivity index (χ4v) is 1.98. The van der Waals surface area contributed by atoms with Crippen LogP contribution in [-0.2, 0) is 9.59 Å². The maximum Gasteiger partial charge on any atom is 0.308 e. The highest BCUT2D eigenvalue weighted by Crippen LogP contribution is 2.13. The molecule has 1 rings (SSSR count). The van der Waals surface area contributed by atoms with Crippen molar-refractivity contribution in [3.63, 3.8) is 0 Å². The number of nitrogens with zero attached hydrogens (tertiary/aromatic N) is 1. The fourth-order valence-electron chi connectivity index (χ4n) is 1.98. The lowest BCUT2D eigenvalue weighted by atomic mass is 10.1. The molecular formula is C17H23NO5. The van der Waals surface area contributed by atoms with E-state index in [4.69, 9.17) is 9.84 Å². The quantitative estimate of drug-likeness (QED) is 0.557. The zero-order chi connectivity index (χ0) is 17.4. The van der Waals surface area contributed by atoms with Crippen LogP contribution in [0.15, 0.2) is 24.3 Å². The lowest BCUT2D eigenvalue weighted by Crippen LogP contribution is -2.33. The van der Waals surface area contributed by atoms with Gasteiger partial charge in [0.15, 0.2) is 5.78 Å². The summed E-state index contributed by atoms with van der Waals surface area (Å²) in [6.45, 7) is 3.65. The Morgan fingerprint density at radius 3 is 2.35 bits per heavy atom. The van der Waals surface area contributed by atoms with Crippen LogP contribution in [0.1, 0.15) is 37.0 Å². The van der Waals surface area contributed by atoms with Gasteiger partial charge in [0.2, 0.25) is 5.91 Å². The number of ketones is 1. The first-order chi connectivity index (χ1) is 10.8. The predicted octanol–water partition coefficient (Wildman–Crippen LogP) is 2.23. The van der Waals surface area contributed by atoms with Crippen LogP contribution < -0.4 is 4.74 Å². The zero-order valence-electron chi connectivity index (χ0n) is 13.7. The molecule has 0 saturated heterocycles. The Hall–Kier alpha value is -2.37. The Morgan fingerprint density at radius 2 is 1.83 bits per heavy atom. The van der Waals surface area contributed by atoms with E-state index in [2.05, 4.69) is 0 Å². The lowest BCUT2D eigenvalue weighted by Gasteiger charge is -2.19. The number of carboxylic acids is 1. The third-order valence-corrected chi connectivity index (χ3v) is 3.46. The number of hydrogen-bond acceptors (Lipinski definition) is 4. The smallest absolute Gasteiger partial charge is 0.308 e. The van der Waals surface area contributed by atoms with Gasteiger partial charge >= 0.3 is 5.97 Å². The largest absolute Gasteiger partial charge is 0.494 e. The molecule has 0 bridgehead atoms. The SMILES string of the molecule is CC(=O)c1ccc(OCCCC(=O)N(C)CC(C)C(=O)O)cc1. The average molecular weight is 321 g/mol. The Morgan fingerprint density at radius 1 is 1.22 bits per heavy atom. The molecule has 126 valence electrons. The van der Waals surface area contributed by atoms with Crippen LogP contribution in [0.3, 0.4) is 0 Å². The highest BCUT2D eigenvalue weighted by Gasteiger charge is 2.16. The van der Waals surface area contributed by atoms with E-state index < -0.39 is 11.9 Å². The number of ether oxygens (including phenoxy) is 1. The summed E-state index contributed by atoms with van der Waals surface area (Å²) in [7, 11) is 1.60. The van der Waals surface area contributed by atoms with E-state index in [0.717, 1.165) is 0 Å². The molecule has 0 aliphatic carbocycles. The molecule has 0 saturated carbocycles. The van der Waals surface area contributed by atoms with Gasteiger partial charge in [-0.1, -0.05) is 6.92 Å². The van der Waals surface area contributed by atoms with Crippen molar-refractivity contribution < 1.29 is 24.2 Å². The van der Waals surface area contributed by atoms with Crippen LogP contribution in [0.25, 0.3) is 0 Å². The van der Waals surface area contributed by atoms with E-state index in [0.29, 0.717) is 30.8 Å². The van der Waals surface area contributed by atoms with Gasteiger partial charge in [-0.15, -0.1) is 0 Å². The van der Waals surface area contributed by atoms with Crippen LogP contribution >= 0.6 is 0 Å². The maximum absolute atomic E-state index is 11.9. The molecule has 6 nitrogen and oxygen atoms in total. The second-order valence-electron chi connectivity index (χ2n) is 5.55. The molecule has 1 amide bonds. The first-order valence-corrected chi connectivity index (χ1v) is 7.52. The second-order valence-corrected chi connectivity index (χ2v) is 5.55. The third-order valence-electron chi connectivity index (χ3n) is 3.46. The Balaban J connectivity index is 2.29. The molecule has 0 fully saturated rings. The summed E-state index contributed by atoms with van der Waals surface area (Å²) in [5.74, 6) is -0.952. The summed E-state index contributed by atoms with van der Waals surface area (Å²) in [6.07, 6.45) is 0.841. The van der Waals surface area contributed by atoms with Gasteiger partial charge in [0.1, 0.15) is 5.75 Å². The minimum absolute atomic E-state index is 0.000716. The zero-order valence-corrected chi connectivity index (χ0v) is 13.7. The van der Waals surface area contributed by atoms with Crippen molar-refractivity contribution in [2.24, 2.45) is 5.92 Å². The minimum atomic E-state index is -0.915. The van der Waals surface area contributed by atoms with Crippen LogP contribution in [-0.4, -0.2) is 47.9 Å². The van der Waals surface area contributed by atoms with Gasteiger partial charge in [0.05, 0.1) is 12.5 Å². The number of hydrogen-bond donors (Lipinski definition) is 1. The second kappa shape index (κ2) is 8.92. The Bertz CT molecular complexity index is 553. The van der Waals surface area contributed by atoms with Crippen molar-refractivity contribution in [1.82, 2.24) is 4.90 Å². The van der Waals surface area contributed by atoms with Crippen molar-refractivity contribution in [2.75, 3.05) is 20.2 Å². The Kier molecular flexibility index (Phi) is 7.25. The van der Waals surface area contributed by atoms with Crippen molar-refractivity contribution in [3.05, 3.63) is 29.8 Å². The summed E-state index contributed by atoms with van der Waals surface area (Å²) in [5, 5.41) is 8.83. The normalized spacial score (nSPS) is 11.6. The molecule has 23 heavy (non-hydrogen) atoms. The van der Waals surface area contributed by atoms with Gasteiger partial charge in [0, 0.05) is 25.6 Å². The van der Waals surface area contributed by atoms with Crippen LogP contribution in [0.2, 0.25) is 0 Å². The Labute approximate surface area is 136 Å². The molecule has 1 unspecified atom stereocenters. The molecule has 1 aromatic rings. The molecule has 0 radical (unpaired) electrons. The summed E-state index contributed by atoms with van der Waals surface area (Å²) < 4.78 is 5.51. The highest BCUT2D eigenvalue weighted by molar-refractivity contribution is 5.94. The number of Topliss-reactive ketones (excluding diaryl/α,β-unsaturated/α-hetero) is 1. The van der Waals surface area contributed by atoms with E-state index in [1.54, 1.807) is 38.2 Å². The first-order valence-electron chi connectivity index (χ1n) is 7.52. The van der Waals surface area contributed by atoms with Crippen LogP contribution in [0, 0.1) is 5.92 Å². The number of carbonyl (C=O) groups is 3. The first kappa shape index (κ1) is 18.7. The number of carboxylic acid groups (broad SMARTS) is 1. The summed E-state index contributed by atoms with van der Waals surface area (Å²) >= 11 is 0. The molecule has 1 atom stereocenters. The molecule has 1 N–H and O–H groups in total. The average Bonchev–Trinajstić information content (AvgIpc) is 2.51. The van der Waals surface area contributed by atoms with Crippen LogP contribution in [0.4, 0.5) is 0 Å². The third kappa shape index (κ3) is 6.50. The molecule has 0 heterocycles. The van der Waals surface area contributed by atoms with E-state index >= 15 is 0 Å². The van der Waals surface area contributed by atoms with Crippen molar-refractivity contribution >= 4 is 17.7 Å². The maximum atomic E-state index is 11.9.